The Morgan fingerprint density at radius 2 is 1.08 bits per heavy atom. The maximum atomic E-state index is 6.94. The second-order valence-corrected chi connectivity index (χ2v) is 14.9. The smallest absolute Gasteiger partial charge is 0.159 e. The molecule has 0 bridgehead atoms. The van der Waals surface area contributed by atoms with Gasteiger partial charge in [-0.05, 0) is 86.5 Å². The van der Waals surface area contributed by atoms with Crippen molar-refractivity contribution in [2.75, 3.05) is 4.90 Å². The Balaban J connectivity index is 1.25. The fourth-order valence-corrected chi connectivity index (χ4v) is 8.93. The molecule has 2 aliphatic rings. The Labute approximate surface area is 293 Å². The van der Waals surface area contributed by atoms with Gasteiger partial charge in [0.05, 0.1) is 11.4 Å². The predicted molar refractivity (Wildman–Crippen MR) is 209 cm³/mol. The van der Waals surface area contributed by atoms with Gasteiger partial charge in [0.2, 0.25) is 0 Å². The zero-order chi connectivity index (χ0) is 33.8. The maximum absolute atomic E-state index is 6.94. The van der Waals surface area contributed by atoms with Crippen LogP contribution in [0.4, 0.5) is 17.1 Å². The predicted octanol–water partition coefficient (Wildman–Crippen LogP) is 13.3. The van der Waals surface area contributed by atoms with Gasteiger partial charge in [0.15, 0.2) is 5.58 Å². The molecule has 0 spiro atoms. The van der Waals surface area contributed by atoms with E-state index in [0.29, 0.717) is 0 Å². The molecule has 1 heterocycles. The van der Waals surface area contributed by atoms with Gasteiger partial charge in [0.1, 0.15) is 5.58 Å². The first kappa shape index (κ1) is 29.1. The lowest BCUT2D eigenvalue weighted by Gasteiger charge is -2.30. The van der Waals surface area contributed by atoms with Crippen LogP contribution in [0.5, 0.6) is 0 Å². The number of nitrogens with zero attached hydrogens (tertiary/aromatic N) is 1. The van der Waals surface area contributed by atoms with Gasteiger partial charge in [-0.15, -0.1) is 0 Å². The Bertz CT molecular complexity index is 2660. The van der Waals surface area contributed by atoms with Crippen LogP contribution >= 0.6 is 0 Å². The van der Waals surface area contributed by atoms with Gasteiger partial charge in [-0.2, -0.15) is 0 Å². The summed E-state index contributed by atoms with van der Waals surface area (Å²) < 4.78 is 6.94. The van der Waals surface area contributed by atoms with Crippen LogP contribution in [0.3, 0.4) is 0 Å². The monoisotopic (exact) mass is 643 g/mol. The van der Waals surface area contributed by atoms with Crippen LogP contribution in [0.1, 0.15) is 49.9 Å². The van der Waals surface area contributed by atoms with Gasteiger partial charge < -0.3 is 9.32 Å². The van der Waals surface area contributed by atoms with Crippen molar-refractivity contribution in [1.82, 2.24) is 0 Å². The molecule has 0 radical (unpaired) electrons. The molecule has 2 nitrogen and oxygen atoms in total. The summed E-state index contributed by atoms with van der Waals surface area (Å²) in [5, 5.41) is 2.24. The van der Waals surface area contributed by atoms with Crippen LogP contribution in [-0.4, -0.2) is 0 Å². The molecule has 0 unspecified atom stereocenters. The fourth-order valence-electron chi connectivity index (χ4n) is 8.93. The van der Waals surface area contributed by atoms with Crippen LogP contribution in [0.15, 0.2) is 156 Å². The third-order valence-corrected chi connectivity index (χ3v) is 11.5. The SMILES string of the molecule is CC1(C)c2ccccc2-c2ccc(N(c3cccc4c3-c3ccccc3C4(C)C)c3cccc4c3oc3cc(-c5ccccc5)ccc34)cc21. The Morgan fingerprint density at radius 1 is 0.440 bits per heavy atom. The minimum absolute atomic E-state index is 0.117. The normalized spacial score (nSPS) is 14.7. The van der Waals surface area contributed by atoms with Crippen molar-refractivity contribution in [3.8, 4) is 33.4 Å². The van der Waals surface area contributed by atoms with Gasteiger partial charge in [-0.1, -0.05) is 143 Å². The molecule has 0 atom stereocenters. The molecule has 8 aromatic rings. The van der Waals surface area contributed by atoms with Crippen molar-refractivity contribution in [2.24, 2.45) is 0 Å². The van der Waals surface area contributed by atoms with Crippen molar-refractivity contribution in [3.05, 3.63) is 174 Å². The van der Waals surface area contributed by atoms with Gasteiger partial charge in [0, 0.05) is 32.9 Å². The molecule has 2 aliphatic carbocycles. The van der Waals surface area contributed by atoms with Crippen molar-refractivity contribution in [1.29, 1.82) is 0 Å². The number of hydrogen-bond donors (Lipinski definition) is 0. The van der Waals surface area contributed by atoms with Crippen LogP contribution in [0.2, 0.25) is 0 Å². The summed E-state index contributed by atoms with van der Waals surface area (Å²) in [7, 11) is 0. The molecule has 0 aliphatic heterocycles. The minimum atomic E-state index is -0.125. The van der Waals surface area contributed by atoms with Crippen LogP contribution in [-0.2, 0) is 10.8 Å². The summed E-state index contributed by atoms with van der Waals surface area (Å²) >= 11 is 0. The van der Waals surface area contributed by atoms with E-state index in [4.69, 9.17) is 4.42 Å². The number of anilines is 3. The average Bonchev–Trinajstić information content (AvgIpc) is 3.72. The Kier molecular flexibility index (Phi) is 6.01. The highest BCUT2D eigenvalue weighted by atomic mass is 16.3. The van der Waals surface area contributed by atoms with Gasteiger partial charge >= 0.3 is 0 Å². The largest absolute Gasteiger partial charge is 0.454 e. The van der Waals surface area contributed by atoms with Crippen LogP contribution in [0, 0.1) is 0 Å². The molecule has 2 heteroatoms. The second kappa shape index (κ2) is 10.3. The molecule has 0 amide bonds. The zero-order valence-corrected chi connectivity index (χ0v) is 28.8. The summed E-state index contributed by atoms with van der Waals surface area (Å²) in [4.78, 5) is 2.46. The van der Waals surface area contributed by atoms with E-state index in [-0.39, 0.29) is 10.8 Å². The summed E-state index contributed by atoms with van der Waals surface area (Å²) in [5.41, 5.74) is 17.8. The molecule has 0 saturated heterocycles. The molecule has 0 fully saturated rings. The standard InChI is InChI=1S/C48H37NO/c1-47(2)39-20-11-9-17-37(39)45-40(47)21-13-22-42(45)49(32-25-27-34-33-16-8-10-19-38(33)48(3,4)41(34)29-32)43-23-12-18-36-35-26-24-31(28-44(35)50-46(36)43)30-14-6-5-7-15-30/h5-29H,1-4H3. The molecular formula is C48H37NO. The van der Waals surface area contributed by atoms with Crippen molar-refractivity contribution in [2.45, 2.75) is 38.5 Å². The van der Waals surface area contributed by atoms with Crippen molar-refractivity contribution < 1.29 is 4.42 Å². The lowest BCUT2D eigenvalue weighted by Crippen LogP contribution is -2.17. The van der Waals surface area contributed by atoms with E-state index in [9.17, 15) is 0 Å². The molecule has 240 valence electrons. The van der Waals surface area contributed by atoms with E-state index in [1.54, 1.807) is 0 Å². The minimum Gasteiger partial charge on any atom is -0.454 e. The molecule has 7 aromatic carbocycles. The van der Waals surface area contributed by atoms with E-state index in [0.717, 1.165) is 44.6 Å². The lowest BCUT2D eigenvalue weighted by atomic mass is 9.82. The fraction of sp³-hybridized carbons (Fsp3) is 0.125. The van der Waals surface area contributed by atoms with Gasteiger partial charge in [-0.3, -0.25) is 0 Å². The summed E-state index contributed by atoms with van der Waals surface area (Å²) in [6.07, 6.45) is 0. The first-order valence-electron chi connectivity index (χ1n) is 17.6. The highest BCUT2D eigenvalue weighted by molar-refractivity contribution is 6.12. The van der Waals surface area contributed by atoms with Crippen molar-refractivity contribution in [3.63, 3.8) is 0 Å². The number of benzene rings is 7. The number of hydrogen-bond acceptors (Lipinski definition) is 2. The molecule has 10 rings (SSSR count). The molecule has 0 N–H and O–H groups in total. The average molecular weight is 644 g/mol. The van der Waals surface area contributed by atoms with Crippen LogP contribution in [0.25, 0.3) is 55.3 Å². The van der Waals surface area contributed by atoms with E-state index >= 15 is 0 Å². The summed E-state index contributed by atoms with van der Waals surface area (Å²) in [6.45, 7) is 9.42. The highest BCUT2D eigenvalue weighted by Gasteiger charge is 2.39. The van der Waals surface area contributed by atoms with E-state index in [1.807, 2.05) is 0 Å². The Hall–Kier alpha value is -5.86. The molecular weight excluding hydrogens is 607 g/mol. The van der Waals surface area contributed by atoms with Gasteiger partial charge in [0.25, 0.3) is 0 Å². The second-order valence-electron chi connectivity index (χ2n) is 14.9. The van der Waals surface area contributed by atoms with Crippen molar-refractivity contribution >= 4 is 39.0 Å². The quantitative estimate of drug-likeness (QED) is 0.190. The van der Waals surface area contributed by atoms with E-state index in [2.05, 4.69) is 184 Å². The van der Waals surface area contributed by atoms with E-state index in [1.165, 1.54) is 50.1 Å². The summed E-state index contributed by atoms with van der Waals surface area (Å²) in [5.74, 6) is 0. The first-order chi connectivity index (χ1) is 24.3. The number of rotatable bonds is 4. The number of para-hydroxylation sites is 1. The molecule has 0 saturated carbocycles. The highest BCUT2D eigenvalue weighted by Crippen LogP contribution is 2.56. The van der Waals surface area contributed by atoms with Gasteiger partial charge in [-0.25, -0.2) is 0 Å². The van der Waals surface area contributed by atoms with Crippen LogP contribution < -0.4 is 4.90 Å². The lowest BCUT2D eigenvalue weighted by molar-refractivity contribution is 0.660. The first-order valence-corrected chi connectivity index (χ1v) is 17.6. The molecule has 1 aromatic heterocycles. The Morgan fingerprint density at radius 3 is 1.90 bits per heavy atom. The number of furan rings is 1. The third kappa shape index (κ3) is 3.96. The number of fused-ring (bicyclic) bond motifs is 9. The summed E-state index contributed by atoms with van der Waals surface area (Å²) in [6, 6.07) is 55.4. The molecule has 50 heavy (non-hydrogen) atoms. The topological polar surface area (TPSA) is 16.4 Å². The maximum Gasteiger partial charge on any atom is 0.159 e. The zero-order valence-electron chi connectivity index (χ0n) is 28.8. The third-order valence-electron chi connectivity index (χ3n) is 11.5. The van der Waals surface area contributed by atoms with E-state index < -0.39 is 0 Å².